The number of nitrogens with two attached hydrogens (primary N) is 1. The van der Waals surface area contributed by atoms with Gasteiger partial charge < -0.3 is 15.3 Å². The van der Waals surface area contributed by atoms with E-state index in [2.05, 4.69) is 41.1 Å². The van der Waals surface area contributed by atoms with Gasteiger partial charge in [-0.15, -0.1) is 10.2 Å². The van der Waals surface area contributed by atoms with Crippen molar-refractivity contribution in [3.8, 4) is 22.5 Å². The molecule has 5 rings (SSSR count). The first-order chi connectivity index (χ1) is 13.1. The number of hydrogen-bond donors (Lipinski definition) is 2. The zero-order chi connectivity index (χ0) is 18.5. The van der Waals surface area contributed by atoms with Gasteiger partial charge >= 0.3 is 0 Å². The highest BCUT2D eigenvalue weighted by molar-refractivity contribution is 9.10. The Balaban J connectivity index is 1.84. The zero-order valence-electron chi connectivity index (χ0n) is 14.3. The number of fused-ring (bicyclic) bond motifs is 2. The first-order valence-electron chi connectivity index (χ1n) is 8.29. The zero-order valence-corrected chi connectivity index (χ0v) is 15.9. The van der Waals surface area contributed by atoms with Gasteiger partial charge in [-0.3, -0.25) is 0 Å². The molecule has 0 bridgehead atoms. The summed E-state index contributed by atoms with van der Waals surface area (Å²) >= 11 is 3.50. The van der Waals surface area contributed by atoms with E-state index in [1.54, 1.807) is 6.20 Å². The predicted octanol–water partition coefficient (Wildman–Crippen LogP) is 3.92. The van der Waals surface area contributed by atoms with Crippen LogP contribution in [-0.4, -0.2) is 29.7 Å². The van der Waals surface area contributed by atoms with Gasteiger partial charge in [-0.1, -0.05) is 18.2 Å². The second-order valence-electron chi connectivity index (χ2n) is 6.29. The summed E-state index contributed by atoms with van der Waals surface area (Å²) in [6, 6.07) is 10.1. The summed E-state index contributed by atoms with van der Waals surface area (Å²) in [7, 11) is 1.95. The van der Waals surface area contributed by atoms with Gasteiger partial charge in [0.05, 0.1) is 0 Å². The van der Waals surface area contributed by atoms with E-state index < -0.39 is 0 Å². The Kier molecular flexibility index (Phi) is 3.48. The highest BCUT2D eigenvalue weighted by atomic mass is 79.9. The van der Waals surface area contributed by atoms with Crippen molar-refractivity contribution in [2.24, 2.45) is 7.05 Å². The third-order valence-electron chi connectivity index (χ3n) is 4.58. The van der Waals surface area contributed by atoms with Crippen molar-refractivity contribution in [1.29, 1.82) is 0 Å². The molecular formula is C19H14BrN7. The molecule has 4 heterocycles. The first-order valence-corrected chi connectivity index (χ1v) is 9.09. The number of nitrogens with one attached hydrogen (secondary N) is 1. The smallest absolute Gasteiger partial charge is 0.240 e. The standard InChI is InChI=1S/C19H14BrN7/c1-27-9-14(12-6-10(20)7-23-18(12)27)16-17(25-26-19(21)24-16)13-8-22-15-5-3-2-4-11(13)15/h2-9,22H,1H3,(H2,21,24,26). The summed E-state index contributed by atoms with van der Waals surface area (Å²) in [5.74, 6) is 0.133. The fourth-order valence-corrected chi connectivity index (χ4v) is 3.73. The number of para-hydroxylation sites is 1. The van der Waals surface area contributed by atoms with E-state index in [4.69, 9.17) is 5.73 Å². The number of aryl methyl sites for hydroxylation is 1. The molecule has 5 aromatic rings. The first kappa shape index (κ1) is 16.0. The summed E-state index contributed by atoms with van der Waals surface area (Å²) in [4.78, 5) is 12.3. The van der Waals surface area contributed by atoms with Gasteiger partial charge in [0, 0.05) is 57.5 Å². The van der Waals surface area contributed by atoms with Crippen LogP contribution in [0.4, 0.5) is 5.95 Å². The molecule has 0 fully saturated rings. The lowest BCUT2D eigenvalue weighted by atomic mass is 10.0. The Morgan fingerprint density at radius 1 is 1.07 bits per heavy atom. The van der Waals surface area contributed by atoms with E-state index in [1.807, 2.05) is 54.3 Å². The number of halogens is 1. The molecule has 0 aliphatic rings. The Morgan fingerprint density at radius 2 is 1.93 bits per heavy atom. The van der Waals surface area contributed by atoms with Gasteiger partial charge in [0.2, 0.25) is 5.95 Å². The average Bonchev–Trinajstić information content (AvgIpc) is 3.23. The molecular weight excluding hydrogens is 406 g/mol. The maximum absolute atomic E-state index is 5.89. The number of anilines is 1. The van der Waals surface area contributed by atoms with Crippen molar-refractivity contribution >= 4 is 43.8 Å². The number of aromatic amines is 1. The lowest BCUT2D eigenvalue weighted by Gasteiger charge is -2.06. The molecule has 0 aliphatic carbocycles. The van der Waals surface area contributed by atoms with Crippen molar-refractivity contribution in [3.63, 3.8) is 0 Å². The Bertz CT molecular complexity index is 1320. The fraction of sp³-hybridized carbons (Fsp3) is 0.0526. The Hall–Kier alpha value is -3.26. The van der Waals surface area contributed by atoms with Crippen LogP contribution in [0.5, 0.6) is 0 Å². The minimum atomic E-state index is 0.133. The molecule has 0 radical (unpaired) electrons. The highest BCUT2D eigenvalue weighted by Gasteiger charge is 2.20. The number of hydrogen-bond acceptors (Lipinski definition) is 5. The van der Waals surface area contributed by atoms with Crippen LogP contribution in [0.25, 0.3) is 44.5 Å². The maximum Gasteiger partial charge on any atom is 0.240 e. The summed E-state index contributed by atoms with van der Waals surface area (Å²) in [6.45, 7) is 0. The van der Waals surface area contributed by atoms with Crippen molar-refractivity contribution in [3.05, 3.63) is 53.4 Å². The molecule has 3 N–H and O–H groups in total. The molecule has 27 heavy (non-hydrogen) atoms. The molecule has 0 amide bonds. The van der Waals surface area contributed by atoms with E-state index in [0.29, 0.717) is 11.4 Å². The SMILES string of the molecule is Cn1cc(-c2nc(N)nnc2-c2c[nH]c3ccccc23)c2cc(Br)cnc21. The molecule has 0 unspecified atom stereocenters. The summed E-state index contributed by atoms with van der Waals surface area (Å²) in [6.07, 6.45) is 5.69. The topological polar surface area (TPSA) is 98.3 Å². The maximum atomic E-state index is 5.89. The second-order valence-corrected chi connectivity index (χ2v) is 7.21. The third-order valence-corrected chi connectivity index (χ3v) is 5.02. The van der Waals surface area contributed by atoms with Gasteiger partial charge in [-0.2, -0.15) is 0 Å². The monoisotopic (exact) mass is 419 g/mol. The number of rotatable bonds is 2. The van der Waals surface area contributed by atoms with Gasteiger partial charge in [-0.25, -0.2) is 9.97 Å². The van der Waals surface area contributed by atoms with Gasteiger partial charge in [0.15, 0.2) is 0 Å². The fourth-order valence-electron chi connectivity index (χ4n) is 3.40. The number of benzene rings is 1. The Labute approximate surface area is 162 Å². The quantitative estimate of drug-likeness (QED) is 0.451. The van der Waals surface area contributed by atoms with E-state index >= 15 is 0 Å². The molecule has 1 aromatic carbocycles. The van der Waals surface area contributed by atoms with Crippen LogP contribution in [0.2, 0.25) is 0 Å². The third kappa shape index (κ3) is 2.48. The number of aromatic nitrogens is 6. The van der Waals surface area contributed by atoms with Crippen molar-refractivity contribution in [1.82, 2.24) is 29.7 Å². The predicted molar refractivity (Wildman–Crippen MR) is 109 cm³/mol. The van der Waals surface area contributed by atoms with Crippen LogP contribution in [0.1, 0.15) is 0 Å². The molecule has 8 heteroatoms. The lowest BCUT2D eigenvalue weighted by Crippen LogP contribution is -2.02. The molecule has 0 aliphatic heterocycles. The second kappa shape index (κ2) is 5.88. The average molecular weight is 420 g/mol. The summed E-state index contributed by atoms with van der Waals surface area (Å²) < 4.78 is 2.86. The van der Waals surface area contributed by atoms with Gasteiger partial charge in [-0.05, 0) is 28.1 Å². The van der Waals surface area contributed by atoms with Crippen LogP contribution in [0.3, 0.4) is 0 Å². The van der Waals surface area contributed by atoms with Crippen molar-refractivity contribution in [2.75, 3.05) is 5.73 Å². The minimum Gasteiger partial charge on any atom is -0.366 e. The lowest BCUT2D eigenvalue weighted by molar-refractivity contribution is 0.946. The van der Waals surface area contributed by atoms with E-state index in [-0.39, 0.29) is 5.95 Å². The Morgan fingerprint density at radius 3 is 2.81 bits per heavy atom. The largest absolute Gasteiger partial charge is 0.366 e. The summed E-state index contributed by atoms with van der Waals surface area (Å²) in [5.41, 5.74) is 11.0. The normalized spacial score (nSPS) is 11.5. The van der Waals surface area contributed by atoms with E-state index in [0.717, 1.165) is 37.5 Å². The van der Waals surface area contributed by atoms with Crippen molar-refractivity contribution in [2.45, 2.75) is 0 Å². The number of H-pyrrole nitrogens is 1. The molecule has 7 nitrogen and oxygen atoms in total. The number of nitrogen functional groups attached to an aromatic ring is 1. The van der Waals surface area contributed by atoms with Crippen LogP contribution in [0, 0.1) is 0 Å². The molecule has 0 atom stereocenters. The molecule has 4 aromatic heterocycles. The van der Waals surface area contributed by atoms with Gasteiger partial charge in [0.1, 0.15) is 17.0 Å². The van der Waals surface area contributed by atoms with Gasteiger partial charge in [0.25, 0.3) is 0 Å². The van der Waals surface area contributed by atoms with Crippen LogP contribution >= 0.6 is 15.9 Å². The van der Waals surface area contributed by atoms with Crippen LogP contribution in [0.15, 0.2) is 53.4 Å². The molecule has 0 saturated heterocycles. The van der Waals surface area contributed by atoms with E-state index in [1.165, 1.54) is 0 Å². The minimum absolute atomic E-state index is 0.133. The molecule has 0 spiro atoms. The van der Waals surface area contributed by atoms with E-state index in [9.17, 15) is 0 Å². The molecule has 0 saturated carbocycles. The van der Waals surface area contributed by atoms with Crippen LogP contribution in [-0.2, 0) is 7.05 Å². The number of pyridine rings is 1. The number of nitrogens with zero attached hydrogens (tertiary/aromatic N) is 5. The van der Waals surface area contributed by atoms with Crippen molar-refractivity contribution < 1.29 is 0 Å². The highest BCUT2D eigenvalue weighted by Crippen LogP contribution is 2.37. The summed E-state index contributed by atoms with van der Waals surface area (Å²) in [5, 5.41) is 10.4. The molecule has 132 valence electrons. The van der Waals surface area contributed by atoms with Crippen LogP contribution < -0.4 is 5.73 Å².